The summed E-state index contributed by atoms with van der Waals surface area (Å²) in [5, 5.41) is 2.08. The van der Waals surface area contributed by atoms with Crippen LogP contribution in [0, 0.1) is 0 Å². The zero-order valence-electron chi connectivity index (χ0n) is 26.9. The van der Waals surface area contributed by atoms with Gasteiger partial charge in [-0.15, -0.1) is 0 Å². The molecule has 50 heavy (non-hydrogen) atoms. The molecule has 0 radical (unpaired) electrons. The molecule has 3 heterocycles. The smallest absolute Gasteiger partial charge is 0.164 e. The summed E-state index contributed by atoms with van der Waals surface area (Å²) in [5.41, 5.74) is 9.99. The van der Waals surface area contributed by atoms with Gasteiger partial charge < -0.3 is 9.15 Å². The minimum Gasteiger partial charge on any atom is -0.485 e. The fraction of sp³-hybridized carbons (Fsp3) is 0.0444. The first kappa shape index (κ1) is 28.4. The van der Waals surface area contributed by atoms with Crippen LogP contribution in [0.1, 0.15) is 11.5 Å². The molecule has 0 fully saturated rings. The van der Waals surface area contributed by atoms with Crippen molar-refractivity contribution in [1.29, 1.82) is 0 Å². The number of benzene rings is 6. The Morgan fingerprint density at radius 3 is 1.90 bits per heavy atom. The van der Waals surface area contributed by atoms with Crippen LogP contribution < -0.4 is 4.74 Å². The first-order valence-electron chi connectivity index (χ1n) is 16.8. The van der Waals surface area contributed by atoms with Crippen LogP contribution >= 0.6 is 0 Å². The first-order valence-corrected chi connectivity index (χ1v) is 16.8. The van der Waals surface area contributed by atoms with Gasteiger partial charge in [0.05, 0.1) is 0 Å². The van der Waals surface area contributed by atoms with E-state index in [9.17, 15) is 0 Å². The van der Waals surface area contributed by atoms with Crippen molar-refractivity contribution in [2.45, 2.75) is 12.0 Å². The minimum atomic E-state index is 0.00259. The number of aromatic nitrogens is 3. The second-order valence-corrected chi connectivity index (χ2v) is 12.7. The predicted molar refractivity (Wildman–Crippen MR) is 200 cm³/mol. The Morgan fingerprint density at radius 1 is 0.440 bits per heavy atom. The summed E-state index contributed by atoms with van der Waals surface area (Å²) in [6.45, 7) is 0. The zero-order valence-corrected chi connectivity index (χ0v) is 26.9. The van der Waals surface area contributed by atoms with Crippen LogP contribution in [-0.4, -0.2) is 21.1 Å². The van der Waals surface area contributed by atoms with Gasteiger partial charge in [0.25, 0.3) is 0 Å². The Balaban J connectivity index is 1.17. The van der Waals surface area contributed by atoms with Crippen LogP contribution in [0.5, 0.6) is 5.75 Å². The van der Waals surface area contributed by atoms with Gasteiger partial charge in [-0.25, -0.2) is 15.0 Å². The Hall–Kier alpha value is -6.59. The minimum absolute atomic E-state index is 0.00259. The van der Waals surface area contributed by atoms with E-state index in [1.807, 2.05) is 48.5 Å². The van der Waals surface area contributed by atoms with E-state index in [2.05, 4.69) is 115 Å². The van der Waals surface area contributed by atoms with E-state index in [0.29, 0.717) is 17.5 Å². The van der Waals surface area contributed by atoms with Crippen molar-refractivity contribution in [2.24, 2.45) is 0 Å². The number of allylic oxidation sites excluding steroid dienone is 2. The molecule has 1 aliphatic heterocycles. The van der Waals surface area contributed by atoms with Crippen LogP contribution in [-0.2, 0) is 0 Å². The lowest BCUT2D eigenvalue weighted by atomic mass is 9.91. The summed E-state index contributed by atoms with van der Waals surface area (Å²) in [4.78, 5) is 15.5. The SMILES string of the molecule is C1=CC2Oc3cc(-c4nc(-c5ccc6oc7ccccc7c6c5)nc(-c5ccccc5-c5ccccc5-c5ccccc5)n4)ccc3C2C=C1. The zero-order chi connectivity index (χ0) is 33.0. The van der Waals surface area contributed by atoms with E-state index in [1.165, 1.54) is 5.56 Å². The second kappa shape index (κ2) is 11.5. The van der Waals surface area contributed by atoms with Gasteiger partial charge in [0.15, 0.2) is 17.5 Å². The number of fused-ring (bicyclic) bond motifs is 6. The van der Waals surface area contributed by atoms with Gasteiger partial charge in [-0.3, -0.25) is 0 Å². The number of nitrogens with zero attached hydrogens (tertiary/aromatic N) is 3. The lowest BCUT2D eigenvalue weighted by molar-refractivity contribution is 0.269. The monoisotopic (exact) mass is 643 g/mol. The van der Waals surface area contributed by atoms with E-state index < -0.39 is 0 Å². The van der Waals surface area contributed by atoms with Crippen molar-refractivity contribution in [3.63, 3.8) is 0 Å². The molecular formula is C45H29N3O2. The molecule has 0 saturated heterocycles. The van der Waals surface area contributed by atoms with Gasteiger partial charge in [-0.05, 0) is 58.7 Å². The highest BCUT2D eigenvalue weighted by Gasteiger charge is 2.32. The standard InChI is InChI=1S/C45H29N3O2/c1-2-12-28(13-3-1)31-14-4-5-15-32(31)33-16-6-7-19-37(33)45-47-43(29-23-25-41-38(26-29)35-18-9-11-21-40(35)49-41)46-44(48-45)30-22-24-36-34-17-8-10-20-39(34)50-42(36)27-30/h1-27,34,39H. The fourth-order valence-corrected chi connectivity index (χ4v) is 7.30. The Kier molecular flexibility index (Phi) is 6.56. The van der Waals surface area contributed by atoms with Crippen LogP contribution in [0.4, 0.5) is 0 Å². The summed E-state index contributed by atoms with van der Waals surface area (Å²) < 4.78 is 12.5. The van der Waals surface area contributed by atoms with Crippen molar-refractivity contribution in [3.8, 4) is 62.2 Å². The summed E-state index contributed by atoms with van der Waals surface area (Å²) in [6.07, 6.45) is 8.46. The van der Waals surface area contributed by atoms with Gasteiger partial charge in [0.1, 0.15) is 23.0 Å². The van der Waals surface area contributed by atoms with Crippen molar-refractivity contribution in [1.82, 2.24) is 15.0 Å². The molecule has 5 nitrogen and oxygen atoms in total. The average Bonchev–Trinajstić information content (AvgIpc) is 3.76. The third-order valence-electron chi connectivity index (χ3n) is 9.72. The third-order valence-corrected chi connectivity index (χ3v) is 9.72. The van der Waals surface area contributed by atoms with Crippen LogP contribution in [0.15, 0.2) is 168 Å². The lowest BCUT2D eigenvalue weighted by Gasteiger charge is -2.15. The molecule has 8 aromatic rings. The largest absolute Gasteiger partial charge is 0.485 e. The van der Waals surface area contributed by atoms with Gasteiger partial charge in [0.2, 0.25) is 0 Å². The quantitative estimate of drug-likeness (QED) is 0.187. The molecule has 236 valence electrons. The lowest BCUT2D eigenvalue weighted by Crippen LogP contribution is -2.15. The molecule has 2 aromatic heterocycles. The number of para-hydroxylation sites is 1. The highest BCUT2D eigenvalue weighted by Crippen LogP contribution is 2.43. The van der Waals surface area contributed by atoms with Crippen molar-refractivity contribution in [3.05, 3.63) is 169 Å². The molecule has 2 aliphatic rings. The molecule has 6 aromatic carbocycles. The molecule has 0 spiro atoms. The highest BCUT2D eigenvalue weighted by molar-refractivity contribution is 6.06. The number of furan rings is 1. The van der Waals surface area contributed by atoms with E-state index in [0.717, 1.165) is 66.6 Å². The van der Waals surface area contributed by atoms with Gasteiger partial charge in [0, 0.05) is 38.9 Å². The van der Waals surface area contributed by atoms with Crippen LogP contribution in [0.25, 0.3) is 78.4 Å². The molecular weight excluding hydrogens is 615 g/mol. The Morgan fingerprint density at radius 2 is 1.06 bits per heavy atom. The Bertz CT molecular complexity index is 2650. The normalized spacial score (nSPS) is 16.0. The molecule has 1 aliphatic carbocycles. The van der Waals surface area contributed by atoms with Crippen molar-refractivity contribution < 1.29 is 9.15 Å². The van der Waals surface area contributed by atoms with Crippen LogP contribution in [0.2, 0.25) is 0 Å². The molecule has 0 bridgehead atoms. The van der Waals surface area contributed by atoms with E-state index in [4.69, 9.17) is 24.1 Å². The number of rotatable bonds is 5. The predicted octanol–water partition coefficient (Wildman–Crippen LogP) is 11.1. The van der Waals surface area contributed by atoms with Gasteiger partial charge >= 0.3 is 0 Å². The van der Waals surface area contributed by atoms with Crippen molar-refractivity contribution in [2.75, 3.05) is 0 Å². The first-order chi connectivity index (χ1) is 24.8. The molecule has 10 rings (SSSR count). The van der Waals surface area contributed by atoms with Gasteiger partial charge in [-0.1, -0.05) is 127 Å². The average molecular weight is 644 g/mol. The molecule has 0 saturated carbocycles. The van der Waals surface area contributed by atoms with Crippen molar-refractivity contribution >= 4 is 21.9 Å². The highest BCUT2D eigenvalue weighted by atomic mass is 16.5. The summed E-state index contributed by atoms with van der Waals surface area (Å²) in [7, 11) is 0. The number of hydrogen-bond acceptors (Lipinski definition) is 5. The second-order valence-electron chi connectivity index (χ2n) is 12.7. The number of hydrogen-bond donors (Lipinski definition) is 0. The molecule has 2 atom stereocenters. The van der Waals surface area contributed by atoms with E-state index >= 15 is 0 Å². The Labute approximate surface area is 288 Å². The summed E-state index contributed by atoms with van der Waals surface area (Å²) in [6, 6.07) is 47.9. The molecule has 0 amide bonds. The maximum atomic E-state index is 6.40. The van der Waals surface area contributed by atoms with E-state index in [-0.39, 0.29) is 12.0 Å². The summed E-state index contributed by atoms with van der Waals surface area (Å²) >= 11 is 0. The number of ether oxygens (including phenoxy) is 1. The topological polar surface area (TPSA) is 61.0 Å². The third kappa shape index (κ3) is 4.74. The van der Waals surface area contributed by atoms with Gasteiger partial charge in [-0.2, -0.15) is 0 Å². The molecule has 5 heteroatoms. The maximum absolute atomic E-state index is 6.40. The molecule has 2 unspecified atom stereocenters. The summed E-state index contributed by atoms with van der Waals surface area (Å²) in [5.74, 6) is 2.84. The van der Waals surface area contributed by atoms with E-state index in [1.54, 1.807) is 0 Å². The van der Waals surface area contributed by atoms with Crippen LogP contribution in [0.3, 0.4) is 0 Å². The molecule has 0 N–H and O–H groups in total. The maximum Gasteiger partial charge on any atom is 0.164 e. The fourth-order valence-electron chi connectivity index (χ4n) is 7.30.